The van der Waals surface area contributed by atoms with Crippen molar-refractivity contribution >= 4 is 16.9 Å². The van der Waals surface area contributed by atoms with Crippen LogP contribution in [0.1, 0.15) is 31.7 Å². The van der Waals surface area contributed by atoms with Crippen molar-refractivity contribution < 1.29 is 9.90 Å². The average Bonchev–Trinajstić information content (AvgIpc) is 2.82. The normalized spacial score (nSPS) is 24.2. The number of carboxylic acids is 1. The maximum Gasteiger partial charge on any atom is 0.308 e. The monoisotopic (exact) mass is 244 g/mol. The van der Waals surface area contributed by atoms with Crippen molar-refractivity contribution in [3.05, 3.63) is 30.5 Å². The summed E-state index contributed by atoms with van der Waals surface area (Å²) in [6.45, 7) is 0. The van der Waals surface area contributed by atoms with Gasteiger partial charge in [0.05, 0.1) is 23.7 Å². The van der Waals surface area contributed by atoms with Crippen molar-refractivity contribution in [2.24, 2.45) is 5.92 Å². The van der Waals surface area contributed by atoms with Crippen LogP contribution in [0.2, 0.25) is 0 Å². The number of para-hydroxylation sites is 1. The van der Waals surface area contributed by atoms with Crippen molar-refractivity contribution in [3.63, 3.8) is 0 Å². The van der Waals surface area contributed by atoms with Gasteiger partial charge in [0.1, 0.15) is 0 Å². The summed E-state index contributed by atoms with van der Waals surface area (Å²) in [6.07, 6.45) is 5.58. The Morgan fingerprint density at radius 3 is 2.89 bits per heavy atom. The van der Waals surface area contributed by atoms with E-state index in [0.29, 0.717) is 0 Å². The molecule has 1 heterocycles. The third-order valence-corrected chi connectivity index (χ3v) is 3.87. The number of carboxylic acid groups (broad SMARTS) is 1. The minimum Gasteiger partial charge on any atom is -0.481 e. The van der Waals surface area contributed by atoms with Crippen LogP contribution in [-0.4, -0.2) is 20.9 Å². The SMILES string of the molecule is O=C(O)C1CCCCC1n1ncc2ccccc21. The molecule has 1 aliphatic carbocycles. The maximum absolute atomic E-state index is 11.4. The lowest BCUT2D eigenvalue weighted by atomic mass is 9.84. The molecule has 1 aromatic carbocycles. The van der Waals surface area contributed by atoms with Crippen LogP contribution in [0.25, 0.3) is 10.9 Å². The molecule has 94 valence electrons. The van der Waals surface area contributed by atoms with Gasteiger partial charge in [-0.3, -0.25) is 9.48 Å². The second-order valence-corrected chi connectivity index (χ2v) is 4.94. The Hall–Kier alpha value is -1.84. The van der Waals surface area contributed by atoms with E-state index in [0.717, 1.165) is 36.6 Å². The lowest BCUT2D eigenvalue weighted by Gasteiger charge is -2.29. The number of hydrogen-bond acceptors (Lipinski definition) is 2. The Morgan fingerprint density at radius 1 is 1.28 bits per heavy atom. The predicted molar refractivity (Wildman–Crippen MR) is 68.4 cm³/mol. The van der Waals surface area contributed by atoms with Crippen LogP contribution >= 0.6 is 0 Å². The standard InChI is InChI=1S/C14H16N2O2/c17-14(18)11-6-2-4-8-13(11)16-12-7-3-1-5-10(12)9-15-16/h1,3,5,7,9,11,13H,2,4,6,8H2,(H,17,18). The van der Waals surface area contributed by atoms with Crippen LogP contribution in [0.4, 0.5) is 0 Å². The van der Waals surface area contributed by atoms with Gasteiger partial charge in [0.25, 0.3) is 0 Å². The summed E-state index contributed by atoms with van der Waals surface area (Å²) in [4.78, 5) is 11.4. The van der Waals surface area contributed by atoms with Gasteiger partial charge in [0.2, 0.25) is 0 Å². The fourth-order valence-corrected chi connectivity index (χ4v) is 2.95. The van der Waals surface area contributed by atoms with Gasteiger partial charge in [-0.25, -0.2) is 0 Å². The molecular formula is C14H16N2O2. The summed E-state index contributed by atoms with van der Waals surface area (Å²) in [6, 6.07) is 7.96. The molecule has 1 saturated carbocycles. The highest BCUT2D eigenvalue weighted by molar-refractivity contribution is 5.79. The first-order valence-corrected chi connectivity index (χ1v) is 6.42. The molecule has 0 aliphatic heterocycles. The lowest BCUT2D eigenvalue weighted by Crippen LogP contribution is -2.30. The largest absolute Gasteiger partial charge is 0.481 e. The number of aliphatic carboxylic acids is 1. The van der Waals surface area contributed by atoms with Crippen LogP contribution in [0, 0.1) is 5.92 Å². The van der Waals surface area contributed by atoms with E-state index in [1.54, 1.807) is 0 Å². The molecule has 2 atom stereocenters. The van der Waals surface area contributed by atoms with Gasteiger partial charge >= 0.3 is 5.97 Å². The summed E-state index contributed by atoms with van der Waals surface area (Å²) < 4.78 is 1.91. The quantitative estimate of drug-likeness (QED) is 0.883. The molecule has 2 aromatic rings. The van der Waals surface area contributed by atoms with E-state index in [-0.39, 0.29) is 12.0 Å². The molecule has 4 heteroatoms. The molecular weight excluding hydrogens is 228 g/mol. The van der Waals surface area contributed by atoms with Gasteiger partial charge in [0, 0.05) is 5.39 Å². The fourth-order valence-electron chi connectivity index (χ4n) is 2.95. The van der Waals surface area contributed by atoms with Crippen LogP contribution in [0.15, 0.2) is 30.5 Å². The first kappa shape index (κ1) is 11.3. The number of aromatic nitrogens is 2. The highest BCUT2D eigenvalue weighted by Crippen LogP contribution is 2.35. The number of fused-ring (bicyclic) bond motifs is 1. The Labute approximate surface area is 105 Å². The second kappa shape index (κ2) is 4.44. The molecule has 0 amide bonds. The van der Waals surface area contributed by atoms with Crippen molar-refractivity contribution in [1.29, 1.82) is 0 Å². The Morgan fingerprint density at radius 2 is 2.06 bits per heavy atom. The molecule has 1 aromatic heterocycles. The van der Waals surface area contributed by atoms with Crippen molar-refractivity contribution in [3.8, 4) is 0 Å². The molecule has 1 aliphatic rings. The number of nitrogens with zero attached hydrogens (tertiary/aromatic N) is 2. The van der Waals surface area contributed by atoms with Crippen molar-refractivity contribution in [2.45, 2.75) is 31.7 Å². The van der Waals surface area contributed by atoms with Gasteiger partial charge < -0.3 is 5.11 Å². The fraction of sp³-hybridized carbons (Fsp3) is 0.429. The average molecular weight is 244 g/mol. The van der Waals surface area contributed by atoms with E-state index < -0.39 is 5.97 Å². The third kappa shape index (κ3) is 1.78. The van der Waals surface area contributed by atoms with Gasteiger partial charge in [0.15, 0.2) is 0 Å². The van der Waals surface area contributed by atoms with E-state index in [1.165, 1.54) is 0 Å². The van der Waals surface area contributed by atoms with Crippen LogP contribution < -0.4 is 0 Å². The molecule has 18 heavy (non-hydrogen) atoms. The molecule has 1 fully saturated rings. The van der Waals surface area contributed by atoms with Gasteiger partial charge in [-0.2, -0.15) is 5.10 Å². The van der Waals surface area contributed by atoms with E-state index in [4.69, 9.17) is 0 Å². The zero-order valence-electron chi connectivity index (χ0n) is 10.1. The highest BCUT2D eigenvalue weighted by atomic mass is 16.4. The highest BCUT2D eigenvalue weighted by Gasteiger charge is 2.33. The van der Waals surface area contributed by atoms with Crippen molar-refractivity contribution in [2.75, 3.05) is 0 Å². The van der Waals surface area contributed by atoms with Crippen LogP contribution in [0.3, 0.4) is 0 Å². The zero-order valence-corrected chi connectivity index (χ0v) is 10.1. The lowest BCUT2D eigenvalue weighted by molar-refractivity contribution is -0.144. The maximum atomic E-state index is 11.4. The molecule has 4 nitrogen and oxygen atoms in total. The number of carbonyl (C=O) groups is 1. The number of benzene rings is 1. The summed E-state index contributed by atoms with van der Waals surface area (Å²) in [7, 11) is 0. The van der Waals surface area contributed by atoms with E-state index in [1.807, 2.05) is 35.1 Å². The van der Waals surface area contributed by atoms with Gasteiger partial charge in [-0.15, -0.1) is 0 Å². The van der Waals surface area contributed by atoms with Gasteiger partial charge in [-0.1, -0.05) is 31.0 Å². The predicted octanol–water partition coefficient (Wildman–Crippen LogP) is 2.85. The number of rotatable bonds is 2. The smallest absolute Gasteiger partial charge is 0.308 e. The first-order chi connectivity index (χ1) is 8.77. The zero-order chi connectivity index (χ0) is 12.5. The Balaban J connectivity index is 2.04. The molecule has 1 N–H and O–H groups in total. The molecule has 0 spiro atoms. The minimum absolute atomic E-state index is 0.00356. The topological polar surface area (TPSA) is 55.1 Å². The molecule has 0 radical (unpaired) electrons. The van der Waals surface area contributed by atoms with E-state index in [2.05, 4.69) is 5.10 Å². The van der Waals surface area contributed by atoms with Crippen LogP contribution in [0.5, 0.6) is 0 Å². The summed E-state index contributed by atoms with van der Waals surface area (Å²) in [5.41, 5.74) is 1.04. The Bertz CT molecular complexity index is 576. The van der Waals surface area contributed by atoms with E-state index >= 15 is 0 Å². The Kier molecular flexibility index (Phi) is 2.78. The van der Waals surface area contributed by atoms with E-state index in [9.17, 15) is 9.90 Å². The summed E-state index contributed by atoms with van der Waals surface area (Å²) >= 11 is 0. The summed E-state index contributed by atoms with van der Waals surface area (Å²) in [5, 5.41) is 14.8. The van der Waals surface area contributed by atoms with Crippen molar-refractivity contribution in [1.82, 2.24) is 9.78 Å². The first-order valence-electron chi connectivity index (χ1n) is 6.42. The molecule has 0 saturated heterocycles. The summed E-state index contributed by atoms with van der Waals surface area (Å²) in [5.74, 6) is -0.999. The minimum atomic E-state index is -0.695. The number of hydrogen-bond donors (Lipinski definition) is 1. The second-order valence-electron chi connectivity index (χ2n) is 4.94. The van der Waals surface area contributed by atoms with Gasteiger partial charge in [-0.05, 0) is 18.9 Å². The molecule has 3 rings (SSSR count). The molecule has 2 unspecified atom stereocenters. The van der Waals surface area contributed by atoms with Crippen LogP contribution in [-0.2, 0) is 4.79 Å². The molecule has 0 bridgehead atoms. The third-order valence-electron chi connectivity index (χ3n) is 3.87.